The number of carboxylic acids is 1. The minimum atomic E-state index is -0.989. The second-order valence-electron chi connectivity index (χ2n) is 7.86. The summed E-state index contributed by atoms with van der Waals surface area (Å²) >= 11 is 1.15. The first-order valence-corrected chi connectivity index (χ1v) is 11.0. The van der Waals surface area contributed by atoms with Crippen molar-refractivity contribution < 1.29 is 14.6 Å². The molecule has 2 N–H and O–H groups in total. The lowest BCUT2D eigenvalue weighted by atomic mass is 9.81. The first-order chi connectivity index (χ1) is 14.2. The van der Waals surface area contributed by atoms with Crippen LogP contribution in [-0.4, -0.2) is 63.3 Å². The largest absolute Gasteiger partial charge is 0.476 e. The van der Waals surface area contributed by atoms with Gasteiger partial charge in [0, 0.05) is 47.9 Å². The van der Waals surface area contributed by atoms with E-state index in [-0.39, 0.29) is 5.01 Å². The number of aromatic carboxylic acids is 1. The number of fused-ring (bicyclic) bond motifs is 1. The molecule has 1 saturated carbocycles. The predicted octanol–water partition coefficient (Wildman–Crippen LogP) is 3.74. The molecule has 7 nitrogen and oxygen atoms in total. The number of hydrogen-bond acceptors (Lipinski definition) is 6. The number of nitrogens with zero attached hydrogens (tertiary/aromatic N) is 3. The molecule has 0 radical (unpaired) electrons. The van der Waals surface area contributed by atoms with Crippen LogP contribution in [0.2, 0.25) is 0 Å². The van der Waals surface area contributed by atoms with Gasteiger partial charge in [-0.25, -0.2) is 14.8 Å². The van der Waals surface area contributed by atoms with E-state index in [1.807, 2.05) is 12.4 Å². The highest BCUT2D eigenvalue weighted by Gasteiger charge is 2.28. The summed E-state index contributed by atoms with van der Waals surface area (Å²) in [5, 5.41) is 12.1. The van der Waals surface area contributed by atoms with Crippen LogP contribution in [0.3, 0.4) is 0 Å². The third-order valence-electron chi connectivity index (χ3n) is 6.25. The Morgan fingerprint density at radius 1 is 1.24 bits per heavy atom. The zero-order valence-electron chi connectivity index (χ0n) is 16.1. The third kappa shape index (κ3) is 3.68. The lowest BCUT2D eigenvalue weighted by molar-refractivity contribution is 0.00729. The molecule has 29 heavy (non-hydrogen) atoms. The van der Waals surface area contributed by atoms with Crippen molar-refractivity contribution >= 4 is 28.3 Å². The summed E-state index contributed by atoms with van der Waals surface area (Å²) in [6.07, 6.45) is 8.65. The summed E-state index contributed by atoms with van der Waals surface area (Å²) in [6.45, 7) is 3.83. The van der Waals surface area contributed by atoms with Crippen molar-refractivity contribution in [2.24, 2.45) is 0 Å². The van der Waals surface area contributed by atoms with Gasteiger partial charge in [0.2, 0.25) is 5.01 Å². The molecule has 4 heterocycles. The molecule has 5 rings (SSSR count). The number of nitrogens with one attached hydrogen (secondary N) is 1. The number of ether oxygens (including phenoxy) is 1. The highest BCUT2D eigenvalue weighted by molar-refractivity contribution is 7.11. The standard InChI is InChI=1S/C21H24N4O3S/c26-21(27)20-24-18(12-29-20)17-11-23-19-16(17)9-14(10-22-19)13-1-3-15(4-2-13)25-5-7-28-8-6-25/h9-13,15H,1-8H2,(H,22,23)(H,26,27)/t13-,15+. The molecule has 0 spiro atoms. The van der Waals surface area contributed by atoms with Gasteiger partial charge in [-0.15, -0.1) is 11.3 Å². The molecule has 0 aromatic carbocycles. The summed E-state index contributed by atoms with van der Waals surface area (Å²) in [5.74, 6) is -0.464. The van der Waals surface area contributed by atoms with Gasteiger partial charge in [-0.05, 0) is 43.2 Å². The lowest BCUT2D eigenvalue weighted by Gasteiger charge is -2.38. The molecule has 2 fully saturated rings. The molecule has 3 aromatic rings. The molecule has 2 aliphatic rings. The van der Waals surface area contributed by atoms with E-state index in [2.05, 4.69) is 25.9 Å². The number of rotatable bonds is 4. The summed E-state index contributed by atoms with van der Waals surface area (Å²) in [4.78, 5) is 25.8. The smallest absolute Gasteiger partial charge is 0.365 e. The lowest BCUT2D eigenvalue weighted by Crippen LogP contribution is -2.44. The Balaban J connectivity index is 1.35. The van der Waals surface area contributed by atoms with E-state index in [1.165, 1.54) is 31.2 Å². The SMILES string of the molecule is O=C(O)c1nc(-c2c[nH]c3ncc([C@H]4CC[C@@H](N5CCOCC5)CC4)cc23)cs1. The molecule has 152 valence electrons. The summed E-state index contributed by atoms with van der Waals surface area (Å²) in [6, 6.07) is 2.90. The summed E-state index contributed by atoms with van der Waals surface area (Å²) < 4.78 is 5.49. The maximum atomic E-state index is 11.2. The van der Waals surface area contributed by atoms with Crippen LogP contribution in [0.15, 0.2) is 23.8 Å². The number of aromatic amines is 1. The molecule has 8 heteroatoms. The van der Waals surface area contributed by atoms with Crippen molar-refractivity contribution in [2.45, 2.75) is 37.6 Å². The topological polar surface area (TPSA) is 91.3 Å². The predicted molar refractivity (Wildman–Crippen MR) is 112 cm³/mol. The van der Waals surface area contributed by atoms with Gasteiger partial charge in [0.15, 0.2) is 0 Å². The van der Waals surface area contributed by atoms with Gasteiger partial charge in [0.1, 0.15) is 5.65 Å². The highest BCUT2D eigenvalue weighted by Crippen LogP contribution is 2.37. The molecular weight excluding hydrogens is 388 g/mol. The number of carboxylic acid groups (broad SMARTS) is 1. The molecule has 0 bridgehead atoms. The highest BCUT2D eigenvalue weighted by atomic mass is 32.1. The molecule has 0 amide bonds. The van der Waals surface area contributed by atoms with Crippen LogP contribution in [0.4, 0.5) is 0 Å². The number of hydrogen-bond donors (Lipinski definition) is 2. The van der Waals surface area contributed by atoms with E-state index >= 15 is 0 Å². The Kier molecular flexibility index (Phi) is 5.07. The van der Waals surface area contributed by atoms with Crippen LogP contribution < -0.4 is 0 Å². The van der Waals surface area contributed by atoms with Gasteiger partial charge in [-0.3, -0.25) is 4.90 Å². The van der Waals surface area contributed by atoms with E-state index in [4.69, 9.17) is 9.84 Å². The summed E-state index contributed by atoms with van der Waals surface area (Å²) in [7, 11) is 0. The average Bonchev–Trinajstić information content (AvgIpc) is 3.41. The van der Waals surface area contributed by atoms with Gasteiger partial charge in [0.25, 0.3) is 0 Å². The minimum absolute atomic E-state index is 0.111. The monoisotopic (exact) mass is 412 g/mol. The first-order valence-electron chi connectivity index (χ1n) is 10.2. The Labute approximate surface area is 172 Å². The van der Waals surface area contributed by atoms with Gasteiger partial charge in [-0.1, -0.05) is 0 Å². The van der Waals surface area contributed by atoms with Crippen molar-refractivity contribution in [3.8, 4) is 11.3 Å². The zero-order valence-corrected chi connectivity index (χ0v) is 17.0. The van der Waals surface area contributed by atoms with E-state index in [0.717, 1.165) is 54.2 Å². The van der Waals surface area contributed by atoms with Crippen molar-refractivity contribution in [1.82, 2.24) is 19.9 Å². The van der Waals surface area contributed by atoms with Gasteiger partial charge in [0.05, 0.1) is 18.9 Å². The average molecular weight is 413 g/mol. The normalized spacial score (nSPS) is 23.4. The first kappa shape index (κ1) is 18.7. The molecule has 1 saturated heterocycles. The molecule has 1 aliphatic carbocycles. The van der Waals surface area contributed by atoms with Crippen LogP contribution in [0.5, 0.6) is 0 Å². The van der Waals surface area contributed by atoms with E-state index in [1.54, 1.807) is 5.38 Å². The minimum Gasteiger partial charge on any atom is -0.476 e. The number of H-pyrrole nitrogens is 1. The van der Waals surface area contributed by atoms with Crippen LogP contribution >= 0.6 is 11.3 Å². The number of carbonyl (C=O) groups is 1. The summed E-state index contributed by atoms with van der Waals surface area (Å²) in [5.41, 5.74) is 3.69. The van der Waals surface area contributed by atoms with Crippen LogP contribution in [-0.2, 0) is 4.74 Å². The second kappa shape index (κ2) is 7.85. The fourth-order valence-electron chi connectivity index (χ4n) is 4.67. The van der Waals surface area contributed by atoms with Crippen molar-refractivity contribution in [3.05, 3.63) is 34.4 Å². The van der Waals surface area contributed by atoms with Gasteiger partial charge < -0.3 is 14.8 Å². The van der Waals surface area contributed by atoms with E-state index < -0.39 is 5.97 Å². The molecule has 1 aliphatic heterocycles. The van der Waals surface area contributed by atoms with Crippen molar-refractivity contribution in [2.75, 3.05) is 26.3 Å². The fourth-order valence-corrected chi connectivity index (χ4v) is 5.32. The van der Waals surface area contributed by atoms with E-state index in [0.29, 0.717) is 17.7 Å². The van der Waals surface area contributed by atoms with Crippen LogP contribution in [0.25, 0.3) is 22.3 Å². The maximum absolute atomic E-state index is 11.2. The maximum Gasteiger partial charge on any atom is 0.365 e. The van der Waals surface area contributed by atoms with Crippen LogP contribution in [0.1, 0.15) is 47.0 Å². The number of morpholine rings is 1. The third-order valence-corrected chi connectivity index (χ3v) is 7.08. The quantitative estimate of drug-likeness (QED) is 0.678. The van der Waals surface area contributed by atoms with E-state index in [9.17, 15) is 4.79 Å². The molecule has 3 aromatic heterocycles. The molecule has 0 unspecified atom stereocenters. The second-order valence-corrected chi connectivity index (χ2v) is 8.72. The Hall–Kier alpha value is -2.29. The Bertz CT molecular complexity index is 1020. The van der Waals surface area contributed by atoms with Gasteiger partial charge >= 0.3 is 5.97 Å². The Morgan fingerprint density at radius 3 is 2.76 bits per heavy atom. The fraction of sp³-hybridized carbons (Fsp3) is 0.476. The zero-order chi connectivity index (χ0) is 19.8. The van der Waals surface area contributed by atoms with Crippen LogP contribution in [0, 0.1) is 0 Å². The molecule has 0 atom stereocenters. The van der Waals surface area contributed by atoms with Crippen molar-refractivity contribution in [1.29, 1.82) is 0 Å². The molecular formula is C21H24N4O3S. The Morgan fingerprint density at radius 2 is 2.03 bits per heavy atom. The number of aromatic nitrogens is 3. The number of thiazole rings is 1. The number of pyridine rings is 1. The van der Waals surface area contributed by atoms with Gasteiger partial charge in [-0.2, -0.15) is 0 Å². The van der Waals surface area contributed by atoms with Crippen molar-refractivity contribution in [3.63, 3.8) is 0 Å².